The van der Waals surface area contributed by atoms with E-state index in [0.29, 0.717) is 19.6 Å². The zero-order chi connectivity index (χ0) is 17.4. The molecule has 1 aromatic rings. The molecule has 26 heavy (non-hydrogen) atoms. The number of fused-ring (bicyclic) bond motifs is 2. The first-order chi connectivity index (χ1) is 12.1. The molecule has 1 aromatic heterocycles. The van der Waals surface area contributed by atoms with Crippen molar-refractivity contribution < 1.29 is 19.1 Å². The summed E-state index contributed by atoms with van der Waals surface area (Å²) in [6.45, 7) is 3.22. The number of esters is 1. The highest BCUT2D eigenvalue weighted by molar-refractivity contribution is 7.14. The fraction of sp³-hybridized carbons (Fsp3) is 0.667. The van der Waals surface area contributed by atoms with Crippen LogP contribution >= 0.6 is 23.7 Å². The highest BCUT2D eigenvalue weighted by Gasteiger charge is 2.42. The Morgan fingerprint density at radius 3 is 2.88 bits per heavy atom. The molecular formula is C18H25ClN2O4S. The minimum Gasteiger partial charge on any atom is -0.467 e. The van der Waals surface area contributed by atoms with Gasteiger partial charge in [-0.1, -0.05) is 0 Å². The summed E-state index contributed by atoms with van der Waals surface area (Å²) >= 11 is 1.56. The molecule has 0 saturated carbocycles. The normalized spacial score (nSPS) is 24.0. The molecule has 8 heteroatoms. The number of methoxy groups -OCH3 is 1. The topological polar surface area (TPSA) is 67.9 Å². The standard InChI is InChI=1S/C18H24N2O4S.ClH/c1-23-17(22)13-3-2-9-20(13)16(21)14-11-12-4-10-24-18(15(12)25-14)5-7-19-8-6-18;/h11,13,19H,2-10H2,1H3;1H/t13-;/m1./s1. The van der Waals surface area contributed by atoms with Crippen molar-refractivity contribution in [1.82, 2.24) is 10.2 Å². The van der Waals surface area contributed by atoms with Crippen LogP contribution in [0.5, 0.6) is 0 Å². The largest absolute Gasteiger partial charge is 0.467 e. The molecule has 3 aliphatic rings. The Hall–Kier alpha value is -1.15. The maximum atomic E-state index is 13.0. The summed E-state index contributed by atoms with van der Waals surface area (Å²) in [5, 5.41) is 3.38. The van der Waals surface area contributed by atoms with Gasteiger partial charge in [0.05, 0.1) is 18.6 Å². The SMILES string of the molecule is COC(=O)[C@H]1CCCN1C(=O)c1cc2c(s1)C1(CCNCC1)OCC2.Cl. The Balaban J connectivity index is 0.00000196. The number of rotatable bonds is 2. The van der Waals surface area contributed by atoms with E-state index >= 15 is 0 Å². The molecule has 3 aliphatic heterocycles. The molecule has 2 fully saturated rings. The van der Waals surface area contributed by atoms with Gasteiger partial charge in [-0.3, -0.25) is 4.79 Å². The summed E-state index contributed by atoms with van der Waals surface area (Å²) in [5.41, 5.74) is 1.02. The molecule has 144 valence electrons. The molecule has 0 bridgehead atoms. The third kappa shape index (κ3) is 3.26. The van der Waals surface area contributed by atoms with Crippen LogP contribution in [0.2, 0.25) is 0 Å². The zero-order valence-electron chi connectivity index (χ0n) is 14.9. The molecule has 4 heterocycles. The van der Waals surface area contributed by atoms with Crippen molar-refractivity contribution in [2.45, 2.75) is 43.7 Å². The lowest BCUT2D eigenvalue weighted by molar-refractivity contribution is -0.145. The number of hydrogen-bond donors (Lipinski definition) is 1. The first-order valence-electron chi connectivity index (χ1n) is 9.01. The number of nitrogens with zero attached hydrogens (tertiary/aromatic N) is 1. The second-order valence-electron chi connectivity index (χ2n) is 6.99. The molecule has 4 rings (SSSR count). The van der Waals surface area contributed by atoms with E-state index in [0.717, 1.165) is 43.6 Å². The van der Waals surface area contributed by atoms with Crippen LogP contribution in [0.1, 0.15) is 45.8 Å². The monoisotopic (exact) mass is 400 g/mol. The van der Waals surface area contributed by atoms with E-state index < -0.39 is 6.04 Å². The Kier molecular flexibility index (Phi) is 5.91. The highest BCUT2D eigenvalue weighted by atomic mass is 35.5. The average molecular weight is 401 g/mol. The van der Waals surface area contributed by atoms with E-state index in [4.69, 9.17) is 9.47 Å². The number of nitrogens with one attached hydrogen (secondary N) is 1. The van der Waals surface area contributed by atoms with Crippen molar-refractivity contribution in [3.05, 3.63) is 21.4 Å². The first kappa shape index (κ1) is 19.6. The second-order valence-corrected chi connectivity index (χ2v) is 8.04. The van der Waals surface area contributed by atoms with E-state index in [1.165, 1.54) is 17.6 Å². The minimum atomic E-state index is -0.444. The fourth-order valence-electron chi connectivity index (χ4n) is 4.26. The van der Waals surface area contributed by atoms with Crippen LogP contribution in [0.15, 0.2) is 6.07 Å². The Labute approximate surface area is 163 Å². The van der Waals surface area contributed by atoms with E-state index in [1.807, 2.05) is 6.07 Å². The number of piperidine rings is 1. The van der Waals surface area contributed by atoms with Gasteiger partial charge < -0.3 is 19.7 Å². The van der Waals surface area contributed by atoms with Gasteiger partial charge in [0.15, 0.2) is 0 Å². The van der Waals surface area contributed by atoms with Gasteiger partial charge in [0.25, 0.3) is 5.91 Å². The van der Waals surface area contributed by atoms with Gasteiger partial charge >= 0.3 is 5.97 Å². The van der Waals surface area contributed by atoms with Crippen molar-refractivity contribution in [2.75, 3.05) is 33.4 Å². The first-order valence-corrected chi connectivity index (χ1v) is 9.83. The van der Waals surface area contributed by atoms with Gasteiger partial charge in [-0.15, -0.1) is 23.7 Å². The summed E-state index contributed by atoms with van der Waals surface area (Å²) < 4.78 is 11.1. The lowest BCUT2D eigenvalue weighted by Gasteiger charge is -2.40. The number of carbonyl (C=O) groups excluding carboxylic acids is 2. The van der Waals surface area contributed by atoms with Crippen molar-refractivity contribution in [3.8, 4) is 0 Å². The van der Waals surface area contributed by atoms with Gasteiger partial charge in [0.1, 0.15) is 11.6 Å². The molecule has 0 unspecified atom stereocenters. The average Bonchev–Trinajstić information content (AvgIpc) is 3.29. The Morgan fingerprint density at radius 2 is 2.15 bits per heavy atom. The van der Waals surface area contributed by atoms with Crippen LogP contribution in [-0.4, -0.2) is 56.2 Å². The summed E-state index contributed by atoms with van der Waals surface area (Å²) in [4.78, 5) is 28.6. The predicted octanol–water partition coefficient (Wildman–Crippen LogP) is 2.10. The van der Waals surface area contributed by atoms with Gasteiger partial charge in [-0.05, 0) is 56.8 Å². The van der Waals surface area contributed by atoms with Gasteiger partial charge in [-0.25, -0.2) is 4.79 Å². The number of thiophene rings is 1. The van der Waals surface area contributed by atoms with Gasteiger partial charge in [0, 0.05) is 11.4 Å². The van der Waals surface area contributed by atoms with E-state index in [2.05, 4.69) is 5.32 Å². The molecule has 0 aliphatic carbocycles. The van der Waals surface area contributed by atoms with Crippen molar-refractivity contribution >= 4 is 35.6 Å². The summed E-state index contributed by atoms with van der Waals surface area (Å²) in [7, 11) is 1.38. The molecule has 6 nitrogen and oxygen atoms in total. The number of ether oxygens (including phenoxy) is 2. The summed E-state index contributed by atoms with van der Waals surface area (Å²) in [5.74, 6) is -0.360. The number of carbonyl (C=O) groups is 2. The molecule has 2 saturated heterocycles. The lowest BCUT2D eigenvalue weighted by Crippen LogP contribution is -2.44. The summed E-state index contributed by atoms with van der Waals surface area (Å²) in [6, 6.07) is 1.59. The third-order valence-electron chi connectivity index (χ3n) is 5.58. The van der Waals surface area contributed by atoms with Crippen molar-refractivity contribution in [3.63, 3.8) is 0 Å². The van der Waals surface area contributed by atoms with Crippen LogP contribution in [-0.2, 0) is 26.3 Å². The van der Waals surface area contributed by atoms with Crippen LogP contribution < -0.4 is 5.32 Å². The van der Waals surface area contributed by atoms with E-state index in [9.17, 15) is 9.59 Å². The Bertz CT molecular complexity index is 687. The van der Waals surface area contributed by atoms with Crippen LogP contribution in [0.25, 0.3) is 0 Å². The second kappa shape index (κ2) is 7.84. The fourth-order valence-corrected chi connectivity index (χ4v) is 5.63. The molecule has 0 radical (unpaired) electrons. The van der Waals surface area contributed by atoms with E-state index in [-0.39, 0.29) is 29.9 Å². The van der Waals surface area contributed by atoms with Crippen LogP contribution in [0.3, 0.4) is 0 Å². The molecule has 1 atom stereocenters. The number of halogens is 1. The van der Waals surface area contributed by atoms with Crippen molar-refractivity contribution in [1.29, 1.82) is 0 Å². The minimum absolute atomic E-state index is 0. The van der Waals surface area contributed by atoms with Crippen LogP contribution in [0.4, 0.5) is 0 Å². The smallest absolute Gasteiger partial charge is 0.328 e. The molecule has 1 amide bonds. The lowest BCUT2D eigenvalue weighted by atomic mass is 9.86. The number of likely N-dealkylation sites (tertiary alicyclic amines) is 1. The molecule has 1 N–H and O–H groups in total. The Morgan fingerprint density at radius 1 is 1.38 bits per heavy atom. The highest BCUT2D eigenvalue weighted by Crippen LogP contribution is 2.44. The summed E-state index contributed by atoms with van der Waals surface area (Å²) in [6.07, 6.45) is 4.28. The zero-order valence-corrected chi connectivity index (χ0v) is 16.5. The maximum Gasteiger partial charge on any atom is 0.328 e. The van der Waals surface area contributed by atoms with Crippen molar-refractivity contribution in [2.24, 2.45) is 0 Å². The number of hydrogen-bond acceptors (Lipinski definition) is 6. The maximum absolute atomic E-state index is 13.0. The number of amides is 1. The van der Waals surface area contributed by atoms with Crippen LogP contribution in [0, 0.1) is 0 Å². The third-order valence-corrected chi connectivity index (χ3v) is 6.93. The van der Waals surface area contributed by atoms with Gasteiger partial charge in [-0.2, -0.15) is 0 Å². The molecular weight excluding hydrogens is 376 g/mol. The quantitative estimate of drug-likeness (QED) is 0.770. The predicted molar refractivity (Wildman–Crippen MR) is 101 cm³/mol. The molecule has 1 spiro atoms. The molecule has 0 aromatic carbocycles. The van der Waals surface area contributed by atoms with Gasteiger partial charge in [0.2, 0.25) is 0 Å². The van der Waals surface area contributed by atoms with E-state index in [1.54, 1.807) is 16.2 Å².